The molecule has 2 fully saturated rings. The van der Waals surface area contributed by atoms with Gasteiger partial charge in [-0.2, -0.15) is 0 Å². The number of aryl methyl sites for hydroxylation is 2. The number of carbonyl (C=O) groups excluding carboxylic acids is 2. The van der Waals surface area contributed by atoms with Gasteiger partial charge in [0.2, 0.25) is 11.8 Å². The zero-order valence-electron chi connectivity index (χ0n) is 23.3. The Morgan fingerprint density at radius 2 is 1.68 bits per heavy atom. The molecule has 2 amide bonds. The highest BCUT2D eigenvalue weighted by atomic mass is 16.2. The fourth-order valence-corrected chi connectivity index (χ4v) is 5.65. The molecule has 2 aliphatic rings. The number of hydrogen-bond acceptors (Lipinski definition) is 5. The van der Waals surface area contributed by atoms with Crippen LogP contribution in [0.25, 0.3) is 11.2 Å². The number of nitrogens with zero attached hydrogens (tertiary/aromatic N) is 4. The number of piperidine rings is 1. The van der Waals surface area contributed by atoms with Crippen LogP contribution in [0.1, 0.15) is 81.1 Å². The molecule has 8 heteroatoms. The van der Waals surface area contributed by atoms with Gasteiger partial charge in [-0.05, 0) is 77.5 Å². The minimum Gasteiger partial charge on any atom is -0.341 e. The summed E-state index contributed by atoms with van der Waals surface area (Å²) in [6, 6.07) is 12.2. The van der Waals surface area contributed by atoms with Crippen LogP contribution in [-0.4, -0.2) is 55.4 Å². The molecule has 1 aliphatic heterocycles. The second-order valence-electron chi connectivity index (χ2n) is 12.1. The van der Waals surface area contributed by atoms with Crippen LogP contribution < -0.4 is 11.1 Å². The molecule has 1 saturated heterocycles. The Hall–Kier alpha value is -3.26. The Labute approximate surface area is 225 Å². The van der Waals surface area contributed by atoms with E-state index in [1.807, 2.05) is 49.1 Å². The Morgan fingerprint density at radius 1 is 1.03 bits per heavy atom. The van der Waals surface area contributed by atoms with Crippen molar-refractivity contribution in [3.05, 3.63) is 59.0 Å². The van der Waals surface area contributed by atoms with Gasteiger partial charge < -0.3 is 20.5 Å². The van der Waals surface area contributed by atoms with Gasteiger partial charge in [-0.25, -0.2) is 9.97 Å². The molecule has 1 aliphatic carbocycles. The Balaban J connectivity index is 1.38. The molecule has 3 aromatic rings. The van der Waals surface area contributed by atoms with Gasteiger partial charge in [-0.3, -0.25) is 9.59 Å². The van der Waals surface area contributed by atoms with Crippen molar-refractivity contribution in [1.29, 1.82) is 0 Å². The van der Waals surface area contributed by atoms with E-state index in [0.29, 0.717) is 25.4 Å². The van der Waals surface area contributed by atoms with Crippen LogP contribution in [0.5, 0.6) is 0 Å². The summed E-state index contributed by atoms with van der Waals surface area (Å²) < 4.78 is 2.37. The summed E-state index contributed by atoms with van der Waals surface area (Å²) in [5, 5.41) is 3.01. The average Bonchev–Trinajstić information content (AvgIpc) is 3.64. The van der Waals surface area contributed by atoms with Gasteiger partial charge in [0.25, 0.3) is 0 Å². The van der Waals surface area contributed by atoms with Gasteiger partial charge in [0, 0.05) is 37.2 Å². The molecule has 1 saturated carbocycles. The number of rotatable bonds is 7. The summed E-state index contributed by atoms with van der Waals surface area (Å²) in [5.41, 5.74) is 9.03. The number of fused-ring (bicyclic) bond motifs is 1. The number of amides is 2. The first-order chi connectivity index (χ1) is 18.0. The number of benzene rings is 1. The van der Waals surface area contributed by atoms with E-state index in [1.54, 1.807) is 13.8 Å². The largest absolute Gasteiger partial charge is 0.341 e. The smallest absolute Gasteiger partial charge is 0.248 e. The van der Waals surface area contributed by atoms with E-state index in [4.69, 9.17) is 15.7 Å². The molecule has 8 nitrogen and oxygen atoms in total. The van der Waals surface area contributed by atoms with Gasteiger partial charge >= 0.3 is 0 Å². The molecule has 0 unspecified atom stereocenters. The summed E-state index contributed by atoms with van der Waals surface area (Å²) in [5.74, 6) is 1.25. The standard InChI is InChI=1S/C30H40N6O2/c1-19-17-20(2)32-26-24(19)33-25(22-11-12-22)36(26)23-13-15-35(16-14-23)28(38)30(5,34-27(37)29(3,4)31)18-21-9-7-6-8-10-21/h6-10,17,22-23H,11-16,18,31H2,1-5H3,(H,34,37)/t30-/m1/s1. The number of hydrogen-bond donors (Lipinski definition) is 2. The molecule has 1 atom stereocenters. The zero-order chi connectivity index (χ0) is 27.2. The minimum absolute atomic E-state index is 0.0693. The van der Waals surface area contributed by atoms with Crippen molar-refractivity contribution in [2.75, 3.05) is 13.1 Å². The maximum Gasteiger partial charge on any atom is 0.248 e. The number of imidazole rings is 1. The summed E-state index contributed by atoms with van der Waals surface area (Å²) >= 11 is 0. The van der Waals surface area contributed by atoms with Gasteiger partial charge in [0.05, 0.1) is 5.54 Å². The van der Waals surface area contributed by atoms with Gasteiger partial charge in [-0.15, -0.1) is 0 Å². The highest BCUT2D eigenvalue weighted by Crippen LogP contribution is 2.43. The predicted molar refractivity (Wildman–Crippen MR) is 149 cm³/mol. The molecule has 0 bridgehead atoms. The second kappa shape index (κ2) is 9.80. The molecule has 1 aromatic carbocycles. The number of pyridine rings is 1. The van der Waals surface area contributed by atoms with Crippen molar-refractivity contribution in [2.45, 2.75) is 89.8 Å². The number of nitrogens with one attached hydrogen (secondary N) is 1. The number of nitrogens with two attached hydrogens (primary N) is 1. The van der Waals surface area contributed by atoms with E-state index >= 15 is 0 Å². The van der Waals surface area contributed by atoms with Crippen molar-refractivity contribution < 1.29 is 9.59 Å². The van der Waals surface area contributed by atoms with Crippen LogP contribution in [0, 0.1) is 13.8 Å². The Kier molecular flexibility index (Phi) is 6.80. The van der Waals surface area contributed by atoms with E-state index in [9.17, 15) is 9.59 Å². The molecular formula is C30H40N6O2. The SMILES string of the molecule is Cc1cc(C)c2nc(C3CC3)n(C3CCN(C(=O)[C@@](C)(Cc4ccccc4)NC(=O)C(C)(C)N)CC3)c2n1. The average molecular weight is 517 g/mol. The summed E-state index contributed by atoms with van der Waals surface area (Å²) in [6.07, 6.45) is 4.39. The lowest BCUT2D eigenvalue weighted by molar-refractivity contribution is -0.143. The summed E-state index contributed by atoms with van der Waals surface area (Å²) in [6.45, 7) is 10.5. The zero-order valence-corrected chi connectivity index (χ0v) is 23.3. The lowest BCUT2D eigenvalue weighted by Gasteiger charge is -2.40. The third-order valence-corrected chi connectivity index (χ3v) is 7.90. The quantitative estimate of drug-likeness (QED) is 0.495. The molecule has 0 radical (unpaired) electrons. The first-order valence-corrected chi connectivity index (χ1v) is 13.8. The molecule has 5 rings (SSSR count). The monoisotopic (exact) mass is 516 g/mol. The van der Waals surface area contributed by atoms with Crippen molar-refractivity contribution in [3.63, 3.8) is 0 Å². The Morgan fingerprint density at radius 3 is 2.29 bits per heavy atom. The summed E-state index contributed by atoms with van der Waals surface area (Å²) in [4.78, 5) is 38.8. The van der Waals surface area contributed by atoms with Crippen LogP contribution in [0.15, 0.2) is 36.4 Å². The predicted octanol–water partition coefficient (Wildman–Crippen LogP) is 3.94. The first kappa shape index (κ1) is 26.4. The minimum atomic E-state index is -1.10. The van der Waals surface area contributed by atoms with Crippen LogP contribution in [0.3, 0.4) is 0 Å². The molecule has 0 spiro atoms. The fourth-order valence-electron chi connectivity index (χ4n) is 5.65. The van der Waals surface area contributed by atoms with Crippen LogP contribution >= 0.6 is 0 Å². The van der Waals surface area contributed by atoms with Crippen LogP contribution in [-0.2, 0) is 16.0 Å². The number of aromatic nitrogens is 3. The van der Waals surface area contributed by atoms with Crippen molar-refractivity contribution >= 4 is 23.0 Å². The normalized spacial score (nSPS) is 18.4. The third-order valence-electron chi connectivity index (χ3n) is 7.90. The number of likely N-dealkylation sites (tertiary alicyclic amines) is 1. The van der Waals surface area contributed by atoms with E-state index in [1.165, 1.54) is 12.8 Å². The highest BCUT2D eigenvalue weighted by molar-refractivity contribution is 5.94. The van der Waals surface area contributed by atoms with Crippen LogP contribution in [0.4, 0.5) is 0 Å². The van der Waals surface area contributed by atoms with E-state index in [0.717, 1.165) is 46.7 Å². The van der Waals surface area contributed by atoms with E-state index < -0.39 is 11.1 Å². The first-order valence-electron chi connectivity index (χ1n) is 13.8. The molecule has 3 heterocycles. The lowest BCUT2D eigenvalue weighted by Crippen LogP contribution is -2.64. The van der Waals surface area contributed by atoms with Crippen molar-refractivity contribution in [1.82, 2.24) is 24.8 Å². The molecule has 3 N–H and O–H groups in total. The summed E-state index contributed by atoms with van der Waals surface area (Å²) in [7, 11) is 0. The molecular weight excluding hydrogens is 476 g/mol. The van der Waals surface area contributed by atoms with Gasteiger partial charge in [-0.1, -0.05) is 30.3 Å². The number of carbonyl (C=O) groups is 2. The van der Waals surface area contributed by atoms with Gasteiger partial charge in [0.1, 0.15) is 16.9 Å². The fraction of sp³-hybridized carbons (Fsp3) is 0.533. The van der Waals surface area contributed by atoms with Crippen molar-refractivity contribution in [2.24, 2.45) is 5.73 Å². The van der Waals surface area contributed by atoms with Crippen molar-refractivity contribution in [3.8, 4) is 0 Å². The van der Waals surface area contributed by atoms with Gasteiger partial charge in [0.15, 0.2) is 5.65 Å². The lowest BCUT2D eigenvalue weighted by atomic mass is 9.88. The maximum absolute atomic E-state index is 14.0. The third kappa shape index (κ3) is 5.19. The maximum atomic E-state index is 14.0. The second-order valence-corrected chi connectivity index (χ2v) is 12.1. The topological polar surface area (TPSA) is 106 Å². The van der Waals surface area contributed by atoms with E-state index in [-0.39, 0.29) is 17.9 Å². The Bertz CT molecular complexity index is 1350. The highest BCUT2D eigenvalue weighted by Gasteiger charge is 2.42. The van der Waals surface area contributed by atoms with E-state index in [2.05, 4.69) is 22.9 Å². The molecule has 202 valence electrons. The van der Waals surface area contributed by atoms with Crippen LogP contribution in [0.2, 0.25) is 0 Å². The molecule has 2 aromatic heterocycles. The molecule has 38 heavy (non-hydrogen) atoms.